The van der Waals surface area contributed by atoms with E-state index in [0.29, 0.717) is 18.2 Å². The Labute approximate surface area is 169 Å². The van der Waals surface area contributed by atoms with Crippen LogP contribution in [-0.2, 0) is 4.79 Å². The number of likely N-dealkylation sites (tertiary alicyclic amines) is 1. The Bertz CT molecular complexity index is 917. The molecule has 2 heterocycles. The van der Waals surface area contributed by atoms with E-state index in [0.717, 1.165) is 24.3 Å². The summed E-state index contributed by atoms with van der Waals surface area (Å²) >= 11 is 0. The van der Waals surface area contributed by atoms with Crippen molar-refractivity contribution in [2.75, 3.05) is 13.1 Å². The maximum atomic E-state index is 13.0. The fourth-order valence-electron chi connectivity index (χ4n) is 4.12. The molecule has 1 aromatic carbocycles. The van der Waals surface area contributed by atoms with E-state index in [1.54, 1.807) is 16.5 Å². The van der Waals surface area contributed by atoms with Crippen LogP contribution in [0.25, 0.3) is 5.69 Å². The number of carbonyl (C=O) groups is 2. The molecule has 1 amide bonds. The van der Waals surface area contributed by atoms with E-state index in [4.69, 9.17) is 4.74 Å². The third-order valence-electron chi connectivity index (χ3n) is 5.75. The van der Waals surface area contributed by atoms with Gasteiger partial charge in [0.15, 0.2) is 5.69 Å². The number of carboxylic acids is 1. The zero-order valence-corrected chi connectivity index (χ0v) is 16.9. The molecule has 1 aliphatic carbocycles. The molecule has 1 saturated heterocycles. The van der Waals surface area contributed by atoms with Crippen molar-refractivity contribution < 1.29 is 19.4 Å². The summed E-state index contributed by atoms with van der Waals surface area (Å²) in [6, 6.07) is 7.45. The monoisotopic (exact) mass is 398 g/mol. The first-order valence-corrected chi connectivity index (χ1v) is 10.1. The van der Waals surface area contributed by atoms with Gasteiger partial charge in [0, 0.05) is 13.1 Å². The number of amides is 1. The van der Waals surface area contributed by atoms with Crippen LogP contribution in [0.2, 0.25) is 0 Å². The third kappa shape index (κ3) is 3.83. The van der Waals surface area contributed by atoms with Gasteiger partial charge in [-0.15, -0.1) is 5.10 Å². The quantitative estimate of drug-likeness (QED) is 0.803. The standard InChI is InChI=1S/C21H26N4O4/c1-12(2)29-16-8-6-15(7-9-16)25-13(3)19(22-23-25)20(26)24-10-17(14-4-5-14)18(11-24)21(27)28/h6-9,12,14,17-18H,4-5,10-11H2,1-3H3,(H,27,28)/t17-,18+/m1/s1. The van der Waals surface area contributed by atoms with Crippen LogP contribution < -0.4 is 4.74 Å². The number of nitrogens with zero attached hydrogens (tertiary/aromatic N) is 4. The van der Waals surface area contributed by atoms with Crippen molar-refractivity contribution in [3.63, 3.8) is 0 Å². The van der Waals surface area contributed by atoms with E-state index < -0.39 is 11.9 Å². The highest BCUT2D eigenvalue weighted by Crippen LogP contribution is 2.44. The highest BCUT2D eigenvalue weighted by molar-refractivity contribution is 5.94. The first-order valence-electron chi connectivity index (χ1n) is 10.1. The Morgan fingerprint density at radius 2 is 1.86 bits per heavy atom. The van der Waals surface area contributed by atoms with Gasteiger partial charge < -0.3 is 14.7 Å². The van der Waals surface area contributed by atoms with Crippen LogP contribution >= 0.6 is 0 Å². The molecule has 8 heteroatoms. The second kappa shape index (κ2) is 7.50. The summed E-state index contributed by atoms with van der Waals surface area (Å²) in [6.07, 6.45) is 2.21. The Kier molecular flexibility index (Phi) is 5.02. The molecule has 2 aromatic rings. The van der Waals surface area contributed by atoms with Gasteiger partial charge in [0.25, 0.3) is 5.91 Å². The predicted octanol–water partition coefficient (Wildman–Crippen LogP) is 2.55. The van der Waals surface area contributed by atoms with Crippen LogP contribution in [0.15, 0.2) is 24.3 Å². The number of carbonyl (C=O) groups excluding carboxylic acids is 1. The van der Waals surface area contributed by atoms with Gasteiger partial charge in [-0.2, -0.15) is 0 Å². The van der Waals surface area contributed by atoms with E-state index in [-0.39, 0.29) is 30.2 Å². The lowest BCUT2D eigenvalue weighted by molar-refractivity contribution is -0.142. The summed E-state index contributed by atoms with van der Waals surface area (Å²) < 4.78 is 7.28. The molecule has 0 bridgehead atoms. The molecule has 0 radical (unpaired) electrons. The van der Waals surface area contributed by atoms with Gasteiger partial charge >= 0.3 is 5.97 Å². The smallest absolute Gasteiger partial charge is 0.308 e. The van der Waals surface area contributed by atoms with Gasteiger partial charge in [0.05, 0.1) is 23.4 Å². The second-order valence-electron chi connectivity index (χ2n) is 8.25. The first-order chi connectivity index (χ1) is 13.8. The Morgan fingerprint density at radius 3 is 2.45 bits per heavy atom. The van der Waals surface area contributed by atoms with Gasteiger partial charge in [0.2, 0.25) is 0 Å². The zero-order valence-electron chi connectivity index (χ0n) is 16.9. The van der Waals surface area contributed by atoms with E-state index in [9.17, 15) is 14.7 Å². The first kappa shape index (κ1) is 19.4. The summed E-state index contributed by atoms with van der Waals surface area (Å²) in [5.74, 6) is -0.322. The molecule has 0 spiro atoms. The van der Waals surface area contributed by atoms with Crippen molar-refractivity contribution in [3.05, 3.63) is 35.7 Å². The molecule has 1 saturated carbocycles. The lowest BCUT2D eigenvalue weighted by Crippen LogP contribution is -2.30. The van der Waals surface area contributed by atoms with Gasteiger partial charge in [-0.1, -0.05) is 5.21 Å². The van der Waals surface area contributed by atoms with E-state index in [1.807, 2.05) is 38.1 Å². The summed E-state index contributed by atoms with van der Waals surface area (Å²) in [4.78, 5) is 26.3. The van der Waals surface area contributed by atoms with Gasteiger partial charge in [0.1, 0.15) is 5.75 Å². The number of hydrogen-bond donors (Lipinski definition) is 1. The van der Waals surface area contributed by atoms with Crippen molar-refractivity contribution in [3.8, 4) is 11.4 Å². The third-order valence-corrected chi connectivity index (χ3v) is 5.75. The molecule has 8 nitrogen and oxygen atoms in total. The molecular weight excluding hydrogens is 372 g/mol. The highest BCUT2D eigenvalue weighted by Gasteiger charge is 2.47. The number of carboxylic acid groups (broad SMARTS) is 1. The summed E-state index contributed by atoms with van der Waals surface area (Å²) in [5, 5.41) is 17.8. The van der Waals surface area contributed by atoms with Crippen LogP contribution in [0.4, 0.5) is 0 Å². The molecule has 1 N–H and O–H groups in total. The molecule has 154 valence electrons. The normalized spacial score (nSPS) is 21.6. The Hall–Kier alpha value is -2.90. The van der Waals surface area contributed by atoms with E-state index in [1.165, 1.54) is 0 Å². The van der Waals surface area contributed by atoms with Crippen LogP contribution in [0.1, 0.15) is 42.9 Å². The van der Waals surface area contributed by atoms with Gasteiger partial charge in [-0.3, -0.25) is 9.59 Å². The SMILES string of the molecule is Cc1c(C(=O)N2C[C@H](C(=O)O)[C@@H](C3CC3)C2)nnn1-c1ccc(OC(C)C)cc1. The Morgan fingerprint density at radius 1 is 1.17 bits per heavy atom. The minimum atomic E-state index is -0.818. The molecule has 1 aliphatic heterocycles. The van der Waals surface area contributed by atoms with E-state index >= 15 is 0 Å². The lowest BCUT2D eigenvalue weighted by Gasteiger charge is -2.15. The topological polar surface area (TPSA) is 97.5 Å². The molecule has 29 heavy (non-hydrogen) atoms. The summed E-state index contributed by atoms with van der Waals surface area (Å²) in [7, 11) is 0. The minimum Gasteiger partial charge on any atom is -0.491 e. The maximum absolute atomic E-state index is 13.0. The number of rotatable bonds is 6. The maximum Gasteiger partial charge on any atom is 0.308 e. The average Bonchev–Trinajstić information content (AvgIpc) is 3.30. The number of benzene rings is 1. The summed E-state index contributed by atoms with van der Waals surface area (Å²) in [5.41, 5.74) is 1.69. The molecule has 4 rings (SSSR count). The fraction of sp³-hybridized carbons (Fsp3) is 0.524. The van der Waals surface area contributed by atoms with Crippen molar-refractivity contribution in [2.45, 2.75) is 39.7 Å². The number of aliphatic carboxylic acids is 1. The fourth-order valence-corrected chi connectivity index (χ4v) is 4.12. The molecular formula is C21H26N4O4. The lowest BCUT2D eigenvalue weighted by atomic mass is 9.92. The molecule has 0 unspecified atom stereocenters. The van der Waals surface area contributed by atoms with Gasteiger partial charge in [-0.25, -0.2) is 4.68 Å². The van der Waals surface area contributed by atoms with E-state index in [2.05, 4.69) is 10.3 Å². The Balaban J connectivity index is 1.52. The van der Waals surface area contributed by atoms with Crippen molar-refractivity contribution in [1.29, 1.82) is 0 Å². The van der Waals surface area contributed by atoms with Crippen LogP contribution in [0.3, 0.4) is 0 Å². The number of hydrogen-bond acceptors (Lipinski definition) is 5. The largest absolute Gasteiger partial charge is 0.491 e. The van der Waals surface area contributed by atoms with Crippen LogP contribution in [0.5, 0.6) is 5.75 Å². The average molecular weight is 398 g/mol. The predicted molar refractivity (Wildman–Crippen MR) is 105 cm³/mol. The van der Waals surface area contributed by atoms with Gasteiger partial charge in [-0.05, 0) is 69.7 Å². The van der Waals surface area contributed by atoms with Crippen LogP contribution in [0, 0.1) is 24.7 Å². The number of aromatic nitrogens is 3. The van der Waals surface area contributed by atoms with Crippen molar-refractivity contribution in [1.82, 2.24) is 19.9 Å². The summed E-state index contributed by atoms with van der Waals surface area (Å²) in [6.45, 7) is 6.45. The second-order valence-corrected chi connectivity index (χ2v) is 8.25. The highest BCUT2D eigenvalue weighted by atomic mass is 16.5. The molecule has 2 fully saturated rings. The van der Waals surface area contributed by atoms with Crippen molar-refractivity contribution >= 4 is 11.9 Å². The van der Waals surface area contributed by atoms with Crippen molar-refractivity contribution in [2.24, 2.45) is 17.8 Å². The minimum absolute atomic E-state index is 0.0419. The number of ether oxygens (including phenoxy) is 1. The zero-order chi connectivity index (χ0) is 20.7. The molecule has 2 aliphatic rings. The molecule has 1 aromatic heterocycles. The molecule has 2 atom stereocenters. The van der Waals surface area contributed by atoms with Crippen LogP contribution in [-0.4, -0.2) is 56.1 Å².